The van der Waals surface area contributed by atoms with E-state index in [9.17, 15) is 22.8 Å². The van der Waals surface area contributed by atoms with Crippen LogP contribution in [-0.4, -0.2) is 56.6 Å². The van der Waals surface area contributed by atoms with E-state index in [4.69, 9.17) is 0 Å². The fourth-order valence-corrected chi connectivity index (χ4v) is 4.10. The summed E-state index contributed by atoms with van der Waals surface area (Å²) in [5.41, 5.74) is 5.00. The highest BCUT2D eigenvalue weighted by molar-refractivity contribution is 7.95. The number of carbonyl (C=O) groups excluding carboxylic acids is 3. The SMILES string of the molecule is C/C(CN(C)C)=C(/C)C(=O)C(C)C.CC#CC(=O)C(C)C.CC(C)=C(C)C(=O)C(C)C.CC(C)=C(C)S(=O)(=O)C(C)C. The summed E-state index contributed by atoms with van der Waals surface area (Å²) in [7, 11) is 1.02. The number of likely N-dealkylation sites (N-methyl/N-ethyl adjacent to an activating group) is 1. The number of hydrogen-bond donors (Lipinski definition) is 0. The molecular weight excluding hydrogens is 546 g/mol. The minimum Gasteiger partial charge on any atom is -0.305 e. The molecule has 0 unspecified atom stereocenters. The van der Waals surface area contributed by atoms with Crippen LogP contribution >= 0.6 is 0 Å². The topological polar surface area (TPSA) is 88.6 Å². The lowest BCUT2D eigenvalue weighted by atomic mass is 9.98. The Labute approximate surface area is 260 Å². The van der Waals surface area contributed by atoms with E-state index >= 15 is 0 Å². The first-order valence-electron chi connectivity index (χ1n) is 14.7. The molecular formula is C35H63NO5S. The van der Waals surface area contributed by atoms with Crippen molar-refractivity contribution in [2.24, 2.45) is 17.8 Å². The average molecular weight is 610 g/mol. The van der Waals surface area contributed by atoms with Gasteiger partial charge in [0.15, 0.2) is 21.4 Å². The predicted octanol–water partition coefficient (Wildman–Crippen LogP) is 8.04. The molecule has 0 heterocycles. The second-order valence-corrected chi connectivity index (χ2v) is 15.0. The normalized spacial score (nSPS) is 11.1. The molecule has 7 heteroatoms. The Bertz CT molecular complexity index is 1130. The third kappa shape index (κ3) is 21.4. The number of ketones is 3. The van der Waals surface area contributed by atoms with E-state index in [1.165, 1.54) is 5.57 Å². The predicted molar refractivity (Wildman–Crippen MR) is 182 cm³/mol. The molecule has 0 aromatic rings. The molecule has 0 saturated carbocycles. The quantitative estimate of drug-likeness (QED) is 0.149. The van der Waals surface area contributed by atoms with Crippen molar-refractivity contribution in [2.45, 2.75) is 123 Å². The number of sulfone groups is 1. The number of nitrogens with zero attached hydrogens (tertiary/aromatic N) is 1. The van der Waals surface area contributed by atoms with Gasteiger partial charge in [-0.3, -0.25) is 14.4 Å². The van der Waals surface area contributed by atoms with Crippen molar-refractivity contribution in [1.82, 2.24) is 4.90 Å². The molecule has 0 aliphatic carbocycles. The van der Waals surface area contributed by atoms with Gasteiger partial charge in [0, 0.05) is 29.2 Å². The molecule has 42 heavy (non-hydrogen) atoms. The first kappa shape index (κ1) is 46.7. The summed E-state index contributed by atoms with van der Waals surface area (Å²) in [4.78, 5) is 36.0. The second-order valence-electron chi connectivity index (χ2n) is 12.3. The van der Waals surface area contributed by atoms with Crippen molar-refractivity contribution in [1.29, 1.82) is 0 Å². The molecule has 0 bridgehead atoms. The van der Waals surface area contributed by atoms with Gasteiger partial charge in [-0.2, -0.15) is 0 Å². The first-order chi connectivity index (χ1) is 18.8. The average Bonchev–Trinajstić information content (AvgIpc) is 2.86. The van der Waals surface area contributed by atoms with Gasteiger partial charge in [0.2, 0.25) is 5.78 Å². The van der Waals surface area contributed by atoms with E-state index in [0.29, 0.717) is 4.91 Å². The highest BCUT2D eigenvalue weighted by Crippen LogP contribution is 2.16. The van der Waals surface area contributed by atoms with Crippen LogP contribution in [-0.2, 0) is 24.2 Å². The maximum absolute atomic E-state index is 11.6. The van der Waals surface area contributed by atoms with Crippen LogP contribution < -0.4 is 0 Å². The van der Waals surface area contributed by atoms with E-state index in [-0.39, 0.29) is 40.4 Å². The van der Waals surface area contributed by atoms with Crippen molar-refractivity contribution in [2.75, 3.05) is 20.6 Å². The van der Waals surface area contributed by atoms with E-state index in [2.05, 4.69) is 16.7 Å². The van der Waals surface area contributed by atoms with Crippen molar-refractivity contribution in [3.63, 3.8) is 0 Å². The lowest BCUT2D eigenvalue weighted by Gasteiger charge is -2.13. The van der Waals surface area contributed by atoms with Crippen LogP contribution in [0, 0.1) is 29.6 Å². The molecule has 0 saturated heterocycles. The second kappa shape index (κ2) is 23.2. The number of allylic oxidation sites excluding steroid dienone is 5. The van der Waals surface area contributed by atoms with E-state index < -0.39 is 9.84 Å². The molecule has 0 aromatic carbocycles. The smallest absolute Gasteiger partial charge is 0.207 e. The minimum absolute atomic E-state index is 0.0208. The Morgan fingerprint density at radius 1 is 0.643 bits per heavy atom. The highest BCUT2D eigenvalue weighted by atomic mass is 32.2. The van der Waals surface area contributed by atoms with Gasteiger partial charge in [0.25, 0.3) is 0 Å². The van der Waals surface area contributed by atoms with Crippen LogP contribution in [0.5, 0.6) is 0 Å². The summed E-state index contributed by atoms with van der Waals surface area (Å²) in [6, 6.07) is 0. The van der Waals surface area contributed by atoms with Gasteiger partial charge in [0.1, 0.15) is 0 Å². The molecule has 0 rings (SSSR count). The fraction of sp³-hybridized carbons (Fsp3) is 0.686. The van der Waals surface area contributed by atoms with Gasteiger partial charge in [-0.1, -0.05) is 64.2 Å². The summed E-state index contributed by atoms with van der Waals surface area (Å²) in [6.45, 7) is 32.4. The van der Waals surface area contributed by atoms with Crippen molar-refractivity contribution < 1.29 is 22.8 Å². The van der Waals surface area contributed by atoms with Crippen molar-refractivity contribution in [3.8, 4) is 11.8 Å². The Hall–Kier alpha value is -2.30. The van der Waals surface area contributed by atoms with Gasteiger partial charge in [-0.25, -0.2) is 8.42 Å². The zero-order valence-corrected chi connectivity index (χ0v) is 31.2. The van der Waals surface area contributed by atoms with Crippen LogP contribution in [0.3, 0.4) is 0 Å². The Morgan fingerprint density at radius 3 is 1.19 bits per heavy atom. The standard InChI is InChI=1S/C11H21NO.C9H16O.C8H16O2S.C7H10O/c1-8(2)11(13)10(4)9(3)7-12(5)6;1-6(2)8(5)9(10)7(3)4;1-6(2)8(5)11(9,10)7(3)4;1-4-5-7(8)6(2)3/h8H,7H2,1-6H3;7H,1-5H3;7H,1-5H3;6H,1-3H3/b10-9+;;;. The van der Waals surface area contributed by atoms with Crippen molar-refractivity contribution in [3.05, 3.63) is 32.8 Å². The molecule has 244 valence electrons. The molecule has 0 N–H and O–H groups in total. The summed E-state index contributed by atoms with van der Waals surface area (Å²) >= 11 is 0. The highest BCUT2D eigenvalue weighted by Gasteiger charge is 2.18. The van der Waals surface area contributed by atoms with Gasteiger partial charge in [-0.05, 0) is 107 Å². The number of hydrogen-bond acceptors (Lipinski definition) is 6. The minimum atomic E-state index is -3.00. The molecule has 0 aliphatic rings. The van der Waals surface area contributed by atoms with Gasteiger partial charge < -0.3 is 4.90 Å². The van der Waals surface area contributed by atoms with Crippen LogP contribution in [0.2, 0.25) is 0 Å². The first-order valence-corrected chi connectivity index (χ1v) is 16.2. The van der Waals surface area contributed by atoms with E-state index in [0.717, 1.165) is 28.8 Å². The number of carbonyl (C=O) groups is 3. The molecule has 6 nitrogen and oxygen atoms in total. The van der Waals surface area contributed by atoms with Gasteiger partial charge in [-0.15, -0.1) is 0 Å². The van der Waals surface area contributed by atoms with Crippen LogP contribution in [0.4, 0.5) is 0 Å². The fourth-order valence-electron chi connectivity index (χ4n) is 2.82. The summed E-state index contributed by atoms with van der Waals surface area (Å²) in [5, 5.41) is -0.308. The Morgan fingerprint density at radius 2 is 1.02 bits per heavy atom. The third-order valence-electron chi connectivity index (χ3n) is 6.26. The Balaban J connectivity index is -0.000000232. The zero-order chi connectivity index (χ0) is 34.7. The summed E-state index contributed by atoms with van der Waals surface area (Å²) in [5.74, 6) is 5.85. The largest absolute Gasteiger partial charge is 0.305 e. The molecule has 0 amide bonds. The van der Waals surface area contributed by atoms with Crippen LogP contribution in [0.15, 0.2) is 32.8 Å². The van der Waals surface area contributed by atoms with E-state index in [1.807, 2.05) is 104 Å². The van der Waals surface area contributed by atoms with Crippen molar-refractivity contribution >= 4 is 27.2 Å². The van der Waals surface area contributed by atoms with Gasteiger partial charge in [0.05, 0.1) is 5.25 Å². The summed E-state index contributed by atoms with van der Waals surface area (Å²) < 4.78 is 22.8. The molecule has 0 aliphatic heterocycles. The molecule has 0 atom stereocenters. The molecule has 0 fully saturated rings. The van der Waals surface area contributed by atoms with E-state index in [1.54, 1.807) is 27.7 Å². The summed E-state index contributed by atoms with van der Waals surface area (Å²) in [6.07, 6.45) is 0. The maximum Gasteiger partial charge on any atom is 0.207 e. The molecule has 0 radical (unpaired) electrons. The van der Waals surface area contributed by atoms with Crippen LogP contribution in [0.25, 0.3) is 0 Å². The molecule has 0 spiro atoms. The molecule has 0 aromatic heterocycles. The maximum atomic E-state index is 11.6. The monoisotopic (exact) mass is 609 g/mol. The van der Waals surface area contributed by atoms with Crippen LogP contribution in [0.1, 0.15) is 118 Å². The van der Waals surface area contributed by atoms with Gasteiger partial charge >= 0.3 is 0 Å². The third-order valence-corrected chi connectivity index (χ3v) is 8.76. The Kier molecular flexibility index (Phi) is 25.8. The lowest BCUT2D eigenvalue weighted by Crippen LogP contribution is -2.18. The zero-order valence-electron chi connectivity index (χ0n) is 30.4. The lowest BCUT2D eigenvalue weighted by molar-refractivity contribution is -0.119. The number of rotatable bonds is 9. The number of Topliss-reactive ketones (excluding diaryl/α,β-unsaturated/α-hetero) is 3.